The number of benzene rings is 1. The molecule has 0 aliphatic rings. The summed E-state index contributed by atoms with van der Waals surface area (Å²) >= 11 is 5.87. The molecule has 0 saturated heterocycles. The average Bonchev–Trinajstić information content (AvgIpc) is 2.45. The minimum atomic E-state index is -1.63. The van der Waals surface area contributed by atoms with Crippen LogP contribution in [-0.4, -0.2) is 47.4 Å². The quantitative estimate of drug-likeness (QED) is 0.548. The lowest BCUT2D eigenvalue weighted by atomic mass is 10.1. The Labute approximate surface area is 127 Å². The van der Waals surface area contributed by atoms with E-state index in [1.165, 1.54) is 0 Å². The number of para-hydroxylation sites is 1. The maximum Gasteiger partial charge on any atom is 0.377 e. The first-order valence-corrected chi connectivity index (χ1v) is 6.78. The summed E-state index contributed by atoms with van der Waals surface area (Å²) in [5.41, 5.74) is 0. The lowest BCUT2D eigenvalue weighted by Crippen LogP contribution is -2.34. The Bertz CT molecular complexity index is 490. The Morgan fingerprint density at radius 1 is 1.29 bits per heavy atom. The van der Waals surface area contributed by atoms with Crippen LogP contribution in [-0.2, 0) is 14.3 Å². The number of halogens is 1. The van der Waals surface area contributed by atoms with Crippen LogP contribution in [0.3, 0.4) is 0 Å². The molecule has 0 saturated carbocycles. The van der Waals surface area contributed by atoms with Gasteiger partial charge in [0.15, 0.2) is 0 Å². The minimum Gasteiger partial charge on any atom is -0.489 e. The number of rotatable bonds is 8. The second kappa shape index (κ2) is 8.61. The standard InChI is InChI=1S/C14H17ClO6/c1-2-20-14(19)13(18)11(17)7-9(16)8-21-12-6-4-3-5-10(12)15/h3-6,9,11,16-17H,2,7-8H2,1H3. The number of hydrogen-bond acceptors (Lipinski definition) is 6. The molecule has 2 unspecified atom stereocenters. The van der Waals surface area contributed by atoms with Crippen molar-refractivity contribution in [2.75, 3.05) is 13.2 Å². The molecular formula is C14H17ClO6. The van der Waals surface area contributed by atoms with Crippen LogP contribution in [0.1, 0.15) is 13.3 Å². The van der Waals surface area contributed by atoms with Gasteiger partial charge in [0.05, 0.1) is 17.7 Å². The molecule has 0 amide bonds. The van der Waals surface area contributed by atoms with Gasteiger partial charge in [0.2, 0.25) is 0 Å². The highest BCUT2D eigenvalue weighted by atomic mass is 35.5. The number of aliphatic hydroxyl groups excluding tert-OH is 2. The predicted octanol–water partition coefficient (Wildman–Crippen LogP) is 0.963. The molecule has 0 aliphatic carbocycles. The summed E-state index contributed by atoms with van der Waals surface area (Å²) in [7, 11) is 0. The SMILES string of the molecule is CCOC(=O)C(=O)C(O)CC(O)COc1ccccc1Cl. The molecule has 0 fully saturated rings. The number of carbonyl (C=O) groups is 2. The second-order valence-corrected chi connectivity index (χ2v) is 4.64. The third kappa shape index (κ3) is 5.71. The van der Waals surface area contributed by atoms with Gasteiger partial charge < -0.3 is 19.7 Å². The van der Waals surface area contributed by atoms with Gasteiger partial charge >= 0.3 is 5.97 Å². The van der Waals surface area contributed by atoms with Crippen LogP contribution in [0.4, 0.5) is 0 Å². The molecule has 0 bridgehead atoms. The normalized spacial score (nSPS) is 13.3. The van der Waals surface area contributed by atoms with E-state index in [4.69, 9.17) is 16.3 Å². The topological polar surface area (TPSA) is 93.1 Å². The third-order valence-electron chi connectivity index (χ3n) is 2.54. The van der Waals surface area contributed by atoms with E-state index in [0.29, 0.717) is 10.8 Å². The summed E-state index contributed by atoms with van der Waals surface area (Å²) in [6.45, 7) is 1.41. The second-order valence-electron chi connectivity index (χ2n) is 4.23. The van der Waals surface area contributed by atoms with Crippen LogP contribution in [0, 0.1) is 0 Å². The van der Waals surface area contributed by atoms with Crippen LogP contribution in [0.2, 0.25) is 5.02 Å². The molecule has 0 aliphatic heterocycles. The van der Waals surface area contributed by atoms with Crippen molar-refractivity contribution in [2.24, 2.45) is 0 Å². The van der Waals surface area contributed by atoms with Gasteiger partial charge in [-0.1, -0.05) is 23.7 Å². The number of ether oxygens (including phenoxy) is 2. The first kappa shape index (κ1) is 17.4. The van der Waals surface area contributed by atoms with Gasteiger partial charge in [-0.05, 0) is 19.1 Å². The molecule has 7 heteroatoms. The van der Waals surface area contributed by atoms with Crippen molar-refractivity contribution in [3.05, 3.63) is 29.3 Å². The summed E-state index contributed by atoms with van der Waals surface area (Å²) in [5.74, 6) is -1.83. The number of ketones is 1. The molecule has 1 rings (SSSR count). The smallest absolute Gasteiger partial charge is 0.377 e. The number of esters is 1. The zero-order valence-corrected chi connectivity index (χ0v) is 12.2. The lowest BCUT2D eigenvalue weighted by molar-refractivity contribution is -0.158. The lowest BCUT2D eigenvalue weighted by Gasteiger charge is -2.15. The fourth-order valence-corrected chi connectivity index (χ4v) is 1.71. The summed E-state index contributed by atoms with van der Waals surface area (Å²) in [4.78, 5) is 22.5. The highest BCUT2D eigenvalue weighted by Crippen LogP contribution is 2.23. The molecule has 1 aromatic rings. The minimum absolute atomic E-state index is 0.0372. The molecule has 2 N–H and O–H groups in total. The van der Waals surface area contributed by atoms with Gasteiger partial charge in [0, 0.05) is 6.42 Å². The van der Waals surface area contributed by atoms with E-state index < -0.39 is 24.0 Å². The molecule has 0 aromatic heterocycles. The molecule has 0 radical (unpaired) electrons. The van der Waals surface area contributed by atoms with E-state index in [1.54, 1.807) is 31.2 Å². The third-order valence-corrected chi connectivity index (χ3v) is 2.85. The monoisotopic (exact) mass is 316 g/mol. The maximum atomic E-state index is 11.4. The number of Topliss-reactive ketones (excluding diaryl/α,β-unsaturated/α-hetero) is 1. The molecule has 21 heavy (non-hydrogen) atoms. The van der Waals surface area contributed by atoms with Crippen LogP contribution in [0.25, 0.3) is 0 Å². The predicted molar refractivity (Wildman–Crippen MR) is 75.2 cm³/mol. The van der Waals surface area contributed by atoms with E-state index >= 15 is 0 Å². The van der Waals surface area contributed by atoms with Crippen LogP contribution < -0.4 is 4.74 Å². The molecule has 2 atom stereocenters. The van der Waals surface area contributed by atoms with Crippen molar-refractivity contribution in [1.29, 1.82) is 0 Å². The molecule has 0 heterocycles. The van der Waals surface area contributed by atoms with Gasteiger partial charge in [-0.2, -0.15) is 0 Å². The summed E-state index contributed by atoms with van der Waals surface area (Å²) in [5, 5.41) is 19.6. The van der Waals surface area contributed by atoms with E-state index in [0.717, 1.165) is 0 Å². The highest BCUT2D eigenvalue weighted by molar-refractivity contribution is 6.35. The zero-order chi connectivity index (χ0) is 15.8. The van der Waals surface area contributed by atoms with Crippen molar-refractivity contribution >= 4 is 23.4 Å². The molecule has 1 aromatic carbocycles. The Morgan fingerprint density at radius 2 is 1.95 bits per heavy atom. The molecular weight excluding hydrogens is 300 g/mol. The average molecular weight is 317 g/mol. The zero-order valence-electron chi connectivity index (χ0n) is 11.5. The maximum absolute atomic E-state index is 11.4. The van der Waals surface area contributed by atoms with E-state index in [-0.39, 0.29) is 19.6 Å². The van der Waals surface area contributed by atoms with Crippen molar-refractivity contribution in [1.82, 2.24) is 0 Å². The Morgan fingerprint density at radius 3 is 2.57 bits per heavy atom. The number of aliphatic hydroxyl groups is 2. The first-order valence-electron chi connectivity index (χ1n) is 6.40. The Kier molecular flexibility index (Phi) is 7.14. The summed E-state index contributed by atoms with van der Waals surface area (Å²) in [6, 6.07) is 6.69. The van der Waals surface area contributed by atoms with E-state index in [9.17, 15) is 19.8 Å². The van der Waals surface area contributed by atoms with Crippen molar-refractivity contribution in [2.45, 2.75) is 25.6 Å². The van der Waals surface area contributed by atoms with Gasteiger partial charge in [-0.15, -0.1) is 0 Å². The summed E-state index contributed by atoms with van der Waals surface area (Å²) in [6.07, 6.45) is -3.09. The van der Waals surface area contributed by atoms with Gasteiger partial charge in [0.25, 0.3) is 5.78 Å². The fraction of sp³-hybridized carbons (Fsp3) is 0.429. The van der Waals surface area contributed by atoms with Crippen molar-refractivity contribution in [3.8, 4) is 5.75 Å². The van der Waals surface area contributed by atoms with Crippen molar-refractivity contribution < 1.29 is 29.3 Å². The number of carbonyl (C=O) groups excluding carboxylic acids is 2. The molecule has 0 spiro atoms. The van der Waals surface area contributed by atoms with E-state index in [1.807, 2.05) is 0 Å². The molecule has 116 valence electrons. The largest absolute Gasteiger partial charge is 0.489 e. The van der Waals surface area contributed by atoms with E-state index in [2.05, 4.69) is 4.74 Å². The number of hydrogen-bond donors (Lipinski definition) is 2. The van der Waals surface area contributed by atoms with Gasteiger partial charge in [0.1, 0.15) is 18.5 Å². The fourth-order valence-electron chi connectivity index (χ4n) is 1.52. The van der Waals surface area contributed by atoms with Crippen LogP contribution >= 0.6 is 11.6 Å². The van der Waals surface area contributed by atoms with Crippen molar-refractivity contribution in [3.63, 3.8) is 0 Å². The van der Waals surface area contributed by atoms with Gasteiger partial charge in [-0.25, -0.2) is 4.79 Å². The van der Waals surface area contributed by atoms with Gasteiger partial charge in [-0.3, -0.25) is 4.79 Å². The first-order chi connectivity index (χ1) is 9.95. The highest BCUT2D eigenvalue weighted by Gasteiger charge is 2.26. The Balaban J connectivity index is 2.43. The van der Waals surface area contributed by atoms with Crippen LogP contribution in [0.15, 0.2) is 24.3 Å². The summed E-state index contributed by atoms with van der Waals surface area (Å²) < 4.78 is 9.74. The molecule has 6 nitrogen and oxygen atoms in total. The van der Waals surface area contributed by atoms with Crippen LogP contribution in [0.5, 0.6) is 5.75 Å². The Hall–Kier alpha value is -1.63.